The zero-order valence-corrected chi connectivity index (χ0v) is 8.87. The number of nitrogens with zero attached hydrogens (tertiary/aromatic N) is 2. The monoisotopic (exact) mass is 254 g/mol. The van der Waals surface area contributed by atoms with Gasteiger partial charge in [-0.3, -0.25) is 9.48 Å². The number of aromatic nitrogens is 2. The number of rotatable bonds is 6. The quantitative estimate of drug-likeness (QED) is 0.571. The molecule has 0 bridgehead atoms. The van der Waals surface area contributed by atoms with Gasteiger partial charge >= 0.3 is 12.3 Å². The maximum absolute atomic E-state index is 12.4. The summed E-state index contributed by atoms with van der Waals surface area (Å²) in [7, 11) is 1.49. The van der Waals surface area contributed by atoms with E-state index in [1.165, 1.54) is 24.0 Å². The highest BCUT2D eigenvalue weighted by Crippen LogP contribution is 2.22. The molecule has 0 spiro atoms. The number of carbonyl (C=O) groups is 1. The molecule has 0 saturated carbocycles. The summed E-state index contributed by atoms with van der Waals surface area (Å²) in [4.78, 5) is 11.4. The van der Waals surface area contributed by atoms with Crippen LogP contribution in [0, 0.1) is 0 Å². The van der Waals surface area contributed by atoms with Gasteiger partial charge in [-0.15, -0.1) is 0 Å². The second kappa shape index (κ2) is 5.26. The van der Waals surface area contributed by atoms with Crippen LogP contribution in [0.15, 0.2) is 12.3 Å². The van der Waals surface area contributed by atoms with E-state index in [1.54, 1.807) is 0 Å². The van der Waals surface area contributed by atoms with Crippen molar-refractivity contribution in [1.29, 1.82) is 0 Å². The smallest absolute Gasteiger partial charge is 0.330 e. The minimum Gasteiger partial charge on any atom is -0.367 e. The number of aryl methyl sites for hydroxylation is 1. The molecule has 0 aliphatic rings. The van der Waals surface area contributed by atoms with Crippen LogP contribution in [-0.4, -0.2) is 41.1 Å². The normalized spacial score (nSPS) is 12.1. The zero-order valence-electron chi connectivity index (χ0n) is 8.87. The number of hydrogen-bond donors (Lipinski definition) is 0. The van der Waals surface area contributed by atoms with Crippen molar-refractivity contribution in [2.24, 2.45) is 7.05 Å². The first-order chi connectivity index (χ1) is 7.84. The van der Waals surface area contributed by atoms with Crippen LogP contribution in [0.4, 0.5) is 17.6 Å². The van der Waals surface area contributed by atoms with Gasteiger partial charge in [0.2, 0.25) is 5.78 Å². The first kappa shape index (κ1) is 13.6. The Balaban J connectivity index is 2.43. The molecule has 0 N–H and O–H groups in total. The lowest BCUT2D eigenvalue weighted by atomic mass is 10.3. The number of ketones is 1. The summed E-state index contributed by atoms with van der Waals surface area (Å²) in [5, 5.41) is 3.69. The molecule has 1 rings (SSSR count). The predicted molar refractivity (Wildman–Crippen MR) is 49.3 cm³/mol. The van der Waals surface area contributed by atoms with E-state index in [0.717, 1.165) is 0 Å². The van der Waals surface area contributed by atoms with Gasteiger partial charge in [-0.05, 0) is 6.07 Å². The van der Waals surface area contributed by atoms with Gasteiger partial charge in [-0.25, -0.2) is 8.78 Å². The highest BCUT2D eigenvalue weighted by atomic mass is 19.3. The third-order valence-corrected chi connectivity index (χ3v) is 1.95. The van der Waals surface area contributed by atoms with Crippen LogP contribution in [0.25, 0.3) is 0 Å². The van der Waals surface area contributed by atoms with E-state index in [9.17, 15) is 22.4 Å². The number of alkyl halides is 4. The second-order valence-corrected chi connectivity index (χ2v) is 3.32. The van der Waals surface area contributed by atoms with Gasteiger partial charge in [0.05, 0.1) is 0 Å². The lowest BCUT2D eigenvalue weighted by Crippen LogP contribution is -2.33. The molecule has 0 saturated heterocycles. The Kier molecular flexibility index (Phi) is 4.22. The lowest BCUT2D eigenvalue weighted by Gasteiger charge is -2.14. The highest BCUT2D eigenvalue weighted by Gasteiger charge is 2.41. The molecule has 4 nitrogen and oxygen atoms in total. The Morgan fingerprint density at radius 3 is 2.71 bits per heavy atom. The van der Waals surface area contributed by atoms with Crippen LogP contribution in [-0.2, 0) is 11.8 Å². The molecule has 0 unspecified atom stereocenters. The summed E-state index contributed by atoms with van der Waals surface area (Å²) in [6.45, 7) is -2.18. The third kappa shape index (κ3) is 3.52. The summed E-state index contributed by atoms with van der Waals surface area (Å²) in [5.74, 6) is -4.85. The average molecular weight is 254 g/mol. The first-order valence-electron chi connectivity index (χ1n) is 4.59. The van der Waals surface area contributed by atoms with Crippen LogP contribution in [0.5, 0.6) is 0 Å². The standard InChI is InChI=1S/C9H10F4N2O2/c1-15-6(2-3-14-15)7(16)4-17-5-9(12,13)8(10)11/h2-3,8H,4-5H2,1H3. The zero-order chi connectivity index (χ0) is 13.1. The van der Waals surface area contributed by atoms with Crippen molar-refractivity contribution in [2.75, 3.05) is 13.2 Å². The van der Waals surface area contributed by atoms with Crippen molar-refractivity contribution < 1.29 is 27.1 Å². The Morgan fingerprint density at radius 2 is 2.24 bits per heavy atom. The van der Waals surface area contributed by atoms with Gasteiger partial charge in [0.25, 0.3) is 0 Å². The van der Waals surface area contributed by atoms with Gasteiger partial charge in [-0.1, -0.05) is 0 Å². The summed E-state index contributed by atoms with van der Waals surface area (Å²) >= 11 is 0. The Bertz CT molecular complexity index is 392. The number of hydrogen-bond acceptors (Lipinski definition) is 3. The summed E-state index contributed by atoms with van der Waals surface area (Å²) in [6.07, 6.45) is -2.46. The third-order valence-electron chi connectivity index (χ3n) is 1.95. The molecule has 0 amide bonds. The number of halogens is 4. The topological polar surface area (TPSA) is 44.1 Å². The SMILES string of the molecule is Cn1nccc1C(=O)COCC(F)(F)C(F)F. The van der Waals surface area contributed by atoms with Crippen LogP contribution in [0.2, 0.25) is 0 Å². The van der Waals surface area contributed by atoms with E-state index < -0.39 is 31.3 Å². The van der Waals surface area contributed by atoms with Gasteiger partial charge in [0.15, 0.2) is 0 Å². The number of ether oxygens (including phenoxy) is 1. The fourth-order valence-corrected chi connectivity index (χ4v) is 1.06. The van der Waals surface area contributed by atoms with E-state index in [4.69, 9.17) is 0 Å². The van der Waals surface area contributed by atoms with Crippen molar-refractivity contribution >= 4 is 5.78 Å². The van der Waals surface area contributed by atoms with Crippen LogP contribution in [0.3, 0.4) is 0 Å². The Labute approximate surface area is 94.2 Å². The fourth-order valence-electron chi connectivity index (χ4n) is 1.06. The molecule has 1 heterocycles. The van der Waals surface area contributed by atoms with E-state index in [1.807, 2.05) is 0 Å². The Hall–Kier alpha value is -1.44. The summed E-state index contributed by atoms with van der Waals surface area (Å²) in [5.41, 5.74) is 0.158. The van der Waals surface area contributed by atoms with Crippen molar-refractivity contribution in [2.45, 2.75) is 12.3 Å². The molecule has 0 aliphatic heterocycles. The Morgan fingerprint density at radius 1 is 1.59 bits per heavy atom. The average Bonchev–Trinajstić information content (AvgIpc) is 2.63. The highest BCUT2D eigenvalue weighted by molar-refractivity contribution is 5.95. The minimum atomic E-state index is -4.24. The molecule has 0 fully saturated rings. The fraction of sp³-hybridized carbons (Fsp3) is 0.556. The molecule has 0 aromatic carbocycles. The van der Waals surface area contributed by atoms with Crippen LogP contribution < -0.4 is 0 Å². The summed E-state index contributed by atoms with van der Waals surface area (Å²) in [6, 6.07) is 1.37. The van der Waals surface area contributed by atoms with Crippen molar-refractivity contribution in [3.63, 3.8) is 0 Å². The van der Waals surface area contributed by atoms with Gasteiger partial charge in [-0.2, -0.15) is 13.9 Å². The first-order valence-corrected chi connectivity index (χ1v) is 4.59. The molecule has 8 heteroatoms. The summed E-state index contributed by atoms with van der Waals surface area (Å²) < 4.78 is 53.8. The van der Waals surface area contributed by atoms with Gasteiger partial charge in [0.1, 0.15) is 18.9 Å². The largest absolute Gasteiger partial charge is 0.367 e. The van der Waals surface area contributed by atoms with E-state index in [2.05, 4.69) is 9.84 Å². The molecule has 17 heavy (non-hydrogen) atoms. The lowest BCUT2D eigenvalue weighted by molar-refractivity contribution is -0.163. The van der Waals surface area contributed by atoms with E-state index in [-0.39, 0.29) is 5.69 Å². The molecule has 0 atom stereocenters. The minimum absolute atomic E-state index is 0.158. The van der Waals surface area contributed by atoms with Crippen molar-refractivity contribution in [3.8, 4) is 0 Å². The molecular formula is C9H10F4N2O2. The number of Topliss-reactive ketones (excluding diaryl/α,β-unsaturated/α-hetero) is 1. The van der Waals surface area contributed by atoms with Gasteiger partial charge in [0, 0.05) is 13.2 Å². The molecular weight excluding hydrogens is 244 g/mol. The molecule has 1 aromatic heterocycles. The van der Waals surface area contributed by atoms with Crippen LogP contribution >= 0.6 is 0 Å². The molecule has 1 aromatic rings. The maximum atomic E-state index is 12.4. The van der Waals surface area contributed by atoms with Gasteiger partial charge < -0.3 is 4.74 Å². The van der Waals surface area contributed by atoms with Crippen molar-refractivity contribution in [3.05, 3.63) is 18.0 Å². The van der Waals surface area contributed by atoms with Crippen LogP contribution in [0.1, 0.15) is 10.5 Å². The van der Waals surface area contributed by atoms with Crippen molar-refractivity contribution in [1.82, 2.24) is 9.78 Å². The number of carbonyl (C=O) groups excluding carboxylic acids is 1. The molecule has 0 aliphatic carbocycles. The molecule has 96 valence electrons. The van der Waals surface area contributed by atoms with E-state index in [0.29, 0.717) is 0 Å². The van der Waals surface area contributed by atoms with E-state index >= 15 is 0 Å². The molecule has 0 radical (unpaired) electrons. The predicted octanol–water partition coefficient (Wildman–Crippen LogP) is 1.52. The maximum Gasteiger partial charge on any atom is 0.330 e. The second-order valence-electron chi connectivity index (χ2n) is 3.32.